The summed E-state index contributed by atoms with van der Waals surface area (Å²) in [7, 11) is 2.17. The van der Waals surface area contributed by atoms with Crippen molar-refractivity contribution in [3.8, 4) is 16.9 Å². The molecule has 37 heavy (non-hydrogen) atoms. The van der Waals surface area contributed by atoms with Crippen molar-refractivity contribution in [3.05, 3.63) is 94.7 Å². The molecular weight excluding hydrogens is 448 g/mol. The summed E-state index contributed by atoms with van der Waals surface area (Å²) in [6, 6.07) is 22.8. The third-order valence-corrected chi connectivity index (χ3v) is 8.69. The van der Waals surface area contributed by atoms with Crippen molar-refractivity contribution >= 4 is 21.8 Å². The topological polar surface area (TPSA) is 8.81 Å². The number of aryl methyl sites for hydroxylation is 2. The van der Waals surface area contributed by atoms with Gasteiger partial charge in [0.15, 0.2) is 0 Å². The van der Waals surface area contributed by atoms with Crippen molar-refractivity contribution in [2.24, 2.45) is 7.05 Å². The molecule has 1 aliphatic rings. The molecule has 2 heteroatoms. The molecule has 2 heterocycles. The Balaban J connectivity index is 1.88. The van der Waals surface area contributed by atoms with E-state index in [9.17, 15) is 0 Å². The molecule has 0 unspecified atom stereocenters. The van der Waals surface area contributed by atoms with E-state index in [2.05, 4.69) is 138 Å². The maximum atomic E-state index is 2.54. The van der Waals surface area contributed by atoms with Gasteiger partial charge in [-0.15, -0.1) is 0 Å². The molecule has 3 aromatic carbocycles. The molecule has 0 saturated heterocycles. The lowest BCUT2D eigenvalue weighted by molar-refractivity contribution is -0.665. The number of nitrogens with zero attached hydrogens (tertiary/aromatic N) is 2. The van der Waals surface area contributed by atoms with Crippen molar-refractivity contribution in [2.75, 3.05) is 0 Å². The van der Waals surface area contributed by atoms with E-state index in [0.717, 1.165) is 0 Å². The largest absolute Gasteiger partial charge is 0.286 e. The third-order valence-electron chi connectivity index (χ3n) is 8.69. The Hall–Kier alpha value is -3.39. The molecule has 0 amide bonds. The minimum Gasteiger partial charge on any atom is -0.237 e. The normalized spacial score (nSPS) is 14.5. The second kappa shape index (κ2) is 7.81. The van der Waals surface area contributed by atoms with Crippen LogP contribution in [0.5, 0.6) is 0 Å². The van der Waals surface area contributed by atoms with E-state index < -0.39 is 0 Å². The summed E-state index contributed by atoms with van der Waals surface area (Å²) in [6.07, 6.45) is 2.22. The van der Waals surface area contributed by atoms with Crippen LogP contribution in [0.25, 0.3) is 38.8 Å². The first-order valence-electron chi connectivity index (χ1n) is 13.6. The zero-order valence-corrected chi connectivity index (χ0v) is 23.8. The monoisotopic (exact) mass is 487 g/mol. The van der Waals surface area contributed by atoms with Crippen LogP contribution in [0, 0.1) is 6.92 Å². The van der Waals surface area contributed by atoms with E-state index in [1.807, 2.05) is 0 Å². The van der Waals surface area contributed by atoms with Crippen LogP contribution in [-0.2, 0) is 17.9 Å². The molecule has 6 rings (SSSR count). The number of rotatable bonds is 2. The fourth-order valence-electron chi connectivity index (χ4n) is 6.91. The first-order chi connectivity index (χ1) is 17.4. The van der Waals surface area contributed by atoms with E-state index in [1.54, 1.807) is 0 Å². The Morgan fingerprint density at radius 2 is 1.59 bits per heavy atom. The predicted molar refractivity (Wildman–Crippen MR) is 157 cm³/mol. The molecule has 0 aliphatic heterocycles. The molecule has 5 aromatic rings. The molecule has 0 spiro atoms. The minimum atomic E-state index is -0.0775. The lowest BCUT2D eigenvalue weighted by Gasteiger charge is -2.24. The van der Waals surface area contributed by atoms with Gasteiger partial charge in [0, 0.05) is 27.8 Å². The number of pyridine rings is 1. The van der Waals surface area contributed by atoms with Crippen molar-refractivity contribution in [1.82, 2.24) is 4.57 Å². The number of hydrogen-bond donors (Lipinski definition) is 0. The smallest absolute Gasteiger partial charge is 0.237 e. The van der Waals surface area contributed by atoms with Crippen molar-refractivity contribution in [3.63, 3.8) is 0 Å². The van der Waals surface area contributed by atoms with E-state index >= 15 is 0 Å². The minimum absolute atomic E-state index is 0.0742. The van der Waals surface area contributed by atoms with Crippen LogP contribution in [0.4, 0.5) is 0 Å². The summed E-state index contributed by atoms with van der Waals surface area (Å²) >= 11 is 0. The van der Waals surface area contributed by atoms with Gasteiger partial charge in [0.2, 0.25) is 0 Å². The Morgan fingerprint density at radius 3 is 2.30 bits per heavy atom. The summed E-state index contributed by atoms with van der Waals surface area (Å²) < 4.78 is 4.82. The number of benzene rings is 3. The molecular formula is C35H39N2+. The van der Waals surface area contributed by atoms with Crippen LogP contribution in [0.1, 0.15) is 82.2 Å². The van der Waals surface area contributed by atoms with Gasteiger partial charge in [0.05, 0.1) is 13.2 Å². The van der Waals surface area contributed by atoms with E-state index in [1.165, 1.54) is 66.6 Å². The third kappa shape index (κ3) is 3.21. The maximum Gasteiger partial charge on any atom is 0.286 e. The second-order valence-electron chi connectivity index (χ2n) is 12.8. The lowest BCUT2D eigenvalue weighted by Crippen LogP contribution is -2.34. The van der Waals surface area contributed by atoms with Gasteiger partial charge in [-0.25, -0.2) is 4.57 Å². The van der Waals surface area contributed by atoms with Gasteiger partial charge in [0.25, 0.3) is 5.82 Å². The molecule has 2 aromatic heterocycles. The molecule has 0 N–H and O–H groups in total. The van der Waals surface area contributed by atoms with Crippen LogP contribution in [-0.4, -0.2) is 4.57 Å². The van der Waals surface area contributed by atoms with Gasteiger partial charge in [-0.1, -0.05) is 84.9 Å². The molecule has 0 radical (unpaired) electrons. The zero-order chi connectivity index (χ0) is 26.4. The van der Waals surface area contributed by atoms with E-state index in [0.29, 0.717) is 5.92 Å². The second-order valence-corrected chi connectivity index (χ2v) is 12.8. The van der Waals surface area contributed by atoms with Gasteiger partial charge in [0.1, 0.15) is 11.0 Å². The Labute approximate surface area is 221 Å². The number of fused-ring (bicyclic) bond motifs is 7. The fourth-order valence-corrected chi connectivity index (χ4v) is 6.91. The molecule has 1 aliphatic carbocycles. The van der Waals surface area contributed by atoms with Crippen LogP contribution in [0.3, 0.4) is 0 Å². The van der Waals surface area contributed by atoms with Gasteiger partial charge < -0.3 is 0 Å². The predicted octanol–water partition coefficient (Wildman–Crippen LogP) is 8.64. The summed E-state index contributed by atoms with van der Waals surface area (Å²) in [5, 5.41) is 2.75. The van der Waals surface area contributed by atoms with Crippen LogP contribution < -0.4 is 4.57 Å². The highest BCUT2D eigenvalue weighted by molar-refractivity contribution is 6.16. The quantitative estimate of drug-likeness (QED) is 0.220. The highest BCUT2D eigenvalue weighted by Gasteiger charge is 2.42. The molecule has 0 saturated carbocycles. The Morgan fingerprint density at radius 1 is 0.919 bits per heavy atom. The van der Waals surface area contributed by atoms with Crippen molar-refractivity contribution < 1.29 is 4.57 Å². The number of hydrogen-bond acceptors (Lipinski definition) is 0. The summed E-state index contributed by atoms with van der Waals surface area (Å²) in [5.74, 6) is 1.63. The van der Waals surface area contributed by atoms with Crippen molar-refractivity contribution in [2.45, 2.75) is 72.1 Å². The Bertz CT molecular complexity index is 1720. The van der Waals surface area contributed by atoms with E-state index in [4.69, 9.17) is 0 Å². The first kappa shape index (κ1) is 24.0. The Kier molecular flexibility index (Phi) is 5.06. The summed E-state index contributed by atoms with van der Waals surface area (Å²) in [6.45, 7) is 18.8. The van der Waals surface area contributed by atoms with Gasteiger partial charge >= 0.3 is 0 Å². The standard InChI is InChI=1S/C35H39N2/c1-21(2)29-22(3)33-31(32-30(29)24-14-10-12-16-26(24)35(32,7)8)25-15-11-13-17-27(25)37(33)28-20-23(34(4,5)6)18-19-36(28)9/h10-21H,1-9H3/q+1. The number of para-hydroxylation sites is 1. The SMILES string of the molecule is Cc1c(C(C)C)c2c(c3c4ccccc4n(-c4cc(C(C)(C)C)cc[n+]4C)c13)C(C)(C)c1ccccc1-2. The van der Waals surface area contributed by atoms with E-state index in [-0.39, 0.29) is 10.8 Å². The maximum absolute atomic E-state index is 2.54. The molecule has 0 fully saturated rings. The van der Waals surface area contributed by atoms with Gasteiger partial charge in [-0.3, -0.25) is 0 Å². The highest BCUT2D eigenvalue weighted by Crippen LogP contribution is 2.56. The summed E-state index contributed by atoms with van der Waals surface area (Å²) in [5.41, 5.74) is 12.7. The van der Waals surface area contributed by atoms with Crippen LogP contribution >= 0.6 is 0 Å². The molecule has 0 atom stereocenters. The first-order valence-corrected chi connectivity index (χ1v) is 13.6. The molecule has 188 valence electrons. The van der Waals surface area contributed by atoms with Gasteiger partial charge in [-0.05, 0) is 69.8 Å². The van der Waals surface area contributed by atoms with Crippen LogP contribution in [0.2, 0.25) is 0 Å². The lowest BCUT2D eigenvalue weighted by atomic mass is 9.78. The average Bonchev–Trinajstić information content (AvgIpc) is 3.29. The average molecular weight is 488 g/mol. The van der Waals surface area contributed by atoms with Crippen LogP contribution in [0.15, 0.2) is 66.9 Å². The number of aromatic nitrogens is 2. The molecule has 2 nitrogen and oxygen atoms in total. The highest BCUT2D eigenvalue weighted by atomic mass is 15.1. The fraction of sp³-hybridized carbons (Fsp3) is 0.343. The molecule has 0 bridgehead atoms. The zero-order valence-electron chi connectivity index (χ0n) is 23.8. The van der Waals surface area contributed by atoms with Gasteiger partial charge in [-0.2, -0.15) is 4.57 Å². The van der Waals surface area contributed by atoms with Crippen molar-refractivity contribution in [1.29, 1.82) is 0 Å². The summed E-state index contributed by atoms with van der Waals surface area (Å²) in [4.78, 5) is 0.